The number of pyridine rings is 1. The molecule has 0 atom stereocenters. The number of hydrogen-bond donors (Lipinski definition) is 1. The van der Waals surface area contributed by atoms with Gasteiger partial charge in [0.2, 0.25) is 0 Å². The molecule has 25 heavy (non-hydrogen) atoms. The molecule has 2 aromatic heterocycles. The molecule has 0 saturated heterocycles. The predicted octanol–water partition coefficient (Wildman–Crippen LogP) is 4.21. The minimum Gasteiger partial charge on any atom is -0.489 e. The van der Waals surface area contributed by atoms with E-state index >= 15 is 0 Å². The fourth-order valence-electron chi connectivity index (χ4n) is 2.86. The first-order valence-corrected chi connectivity index (χ1v) is 8.30. The molecule has 0 fully saturated rings. The molecule has 4 aromatic rings. The Morgan fingerprint density at radius 1 is 0.960 bits per heavy atom. The second-order valence-corrected chi connectivity index (χ2v) is 5.94. The zero-order valence-electron chi connectivity index (χ0n) is 13.8. The molecule has 0 aliphatic heterocycles. The Balaban J connectivity index is 1.57. The smallest absolute Gasteiger partial charge is 0.180 e. The number of ether oxygens (including phenoxy) is 1. The summed E-state index contributed by atoms with van der Waals surface area (Å²) in [5.74, 6) is 0.786. The fourth-order valence-corrected chi connectivity index (χ4v) is 2.86. The van der Waals surface area contributed by atoms with Gasteiger partial charge in [-0.1, -0.05) is 42.5 Å². The number of anilines is 1. The van der Waals surface area contributed by atoms with Crippen LogP contribution in [-0.2, 0) is 6.42 Å². The lowest BCUT2D eigenvalue weighted by atomic mass is 10.1. The van der Waals surface area contributed by atoms with Gasteiger partial charge in [-0.05, 0) is 29.8 Å². The molecule has 0 bridgehead atoms. The molecule has 0 radical (unpaired) electrons. The van der Waals surface area contributed by atoms with Gasteiger partial charge < -0.3 is 14.9 Å². The monoisotopic (exact) mass is 329 g/mol. The van der Waals surface area contributed by atoms with Crippen LogP contribution in [0.5, 0.6) is 5.75 Å². The van der Waals surface area contributed by atoms with Crippen LogP contribution < -0.4 is 10.5 Å². The molecule has 4 rings (SSSR count). The van der Waals surface area contributed by atoms with E-state index in [1.54, 1.807) is 0 Å². The molecule has 0 saturated carbocycles. The van der Waals surface area contributed by atoms with E-state index in [2.05, 4.69) is 12.1 Å². The quantitative estimate of drug-likeness (QED) is 0.558. The van der Waals surface area contributed by atoms with Gasteiger partial charge in [-0.25, -0.2) is 4.98 Å². The summed E-state index contributed by atoms with van der Waals surface area (Å²) in [5.41, 5.74) is 10.6. The van der Waals surface area contributed by atoms with Gasteiger partial charge in [-0.2, -0.15) is 0 Å². The van der Waals surface area contributed by atoms with Crippen LogP contribution >= 0.6 is 0 Å². The van der Waals surface area contributed by atoms with E-state index in [-0.39, 0.29) is 0 Å². The Morgan fingerprint density at radius 3 is 2.68 bits per heavy atom. The molecule has 0 aliphatic rings. The summed E-state index contributed by atoms with van der Waals surface area (Å²) in [6, 6.07) is 22.0. The first-order valence-electron chi connectivity index (χ1n) is 8.30. The summed E-state index contributed by atoms with van der Waals surface area (Å²) in [7, 11) is 0. The molecule has 0 unspecified atom stereocenters. The first-order chi connectivity index (χ1) is 12.3. The first kappa shape index (κ1) is 15.3. The average molecular weight is 329 g/mol. The third-order valence-corrected chi connectivity index (χ3v) is 4.12. The van der Waals surface area contributed by atoms with E-state index in [9.17, 15) is 0 Å². The van der Waals surface area contributed by atoms with Crippen molar-refractivity contribution in [2.45, 2.75) is 6.42 Å². The summed E-state index contributed by atoms with van der Waals surface area (Å²) in [6.07, 6.45) is 4.83. The van der Waals surface area contributed by atoms with E-state index < -0.39 is 0 Å². The maximum Gasteiger partial charge on any atom is 0.180 e. The van der Waals surface area contributed by atoms with Crippen molar-refractivity contribution in [3.05, 3.63) is 84.7 Å². The molecule has 2 heterocycles. The number of rotatable bonds is 5. The van der Waals surface area contributed by atoms with Crippen molar-refractivity contribution in [3.8, 4) is 17.0 Å². The van der Waals surface area contributed by atoms with E-state index in [4.69, 9.17) is 15.5 Å². The Hall–Kier alpha value is -3.27. The van der Waals surface area contributed by atoms with Gasteiger partial charge in [-0.3, -0.25) is 0 Å². The van der Waals surface area contributed by atoms with Gasteiger partial charge in [0.25, 0.3) is 0 Å². The summed E-state index contributed by atoms with van der Waals surface area (Å²) < 4.78 is 7.97. The molecule has 0 spiro atoms. The largest absolute Gasteiger partial charge is 0.489 e. The maximum absolute atomic E-state index is 5.99. The summed E-state index contributed by atoms with van der Waals surface area (Å²) in [5, 5.41) is 0. The van der Waals surface area contributed by atoms with Gasteiger partial charge in [-0.15, -0.1) is 0 Å². The van der Waals surface area contributed by atoms with Crippen LogP contribution in [-0.4, -0.2) is 16.0 Å². The Bertz CT molecular complexity index is 992. The molecule has 2 aromatic carbocycles. The summed E-state index contributed by atoms with van der Waals surface area (Å²) >= 11 is 0. The van der Waals surface area contributed by atoms with Crippen LogP contribution in [0, 0.1) is 0 Å². The topological polar surface area (TPSA) is 52.5 Å². The van der Waals surface area contributed by atoms with Crippen molar-refractivity contribution in [2.24, 2.45) is 0 Å². The number of hydrogen-bond acceptors (Lipinski definition) is 3. The highest BCUT2D eigenvalue weighted by molar-refractivity contribution is 5.68. The van der Waals surface area contributed by atoms with Crippen molar-refractivity contribution in [1.82, 2.24) is 9.38 Å². The lowest BCUT2D eigenvalue weighted by molar-refractivity contribution is 0.324. The Kier molecular flexibility index (Phi) is 4.09. The van der Waals surface area contributed by atoms with Gasteiger partial charge in [0.05, 0.1) is 12.3 Å². The Labute approximate surface area is 146 Å². The second-order valence-electron chi connectivity index (χ2n) is 5.94. The van der Waals surface area contributed by atoms with Crippen molar-refractivity contribution in [1.29, 1.82) is 0 Å². The molecule has 124 valence electrons. The van der Waals surface area contributed by atoms with E-state index in [1.165, 1.54) is 5.56 Å². The molecule has 0 amide bonds. The molecule has 4 heteroatoms. The SMILES string of the molecule is Nc1cccc(-c2cn3cccc(OCCc4ccccc4)c3n2)c1. The summed E-state index contributed by atoms with van der Waals surface area (Å²) in [4.78, 5) is 4.73. The van der Waals surface area contributed by atoms with E-state index in [0.717, 1.165) is 34.8 Å². The van der Waals surface area contributed by atoms with Crippen molar-refractivity contribution in [2.75, 3.05) is 12.3 Å². The summed E-state index contributed by atoms with van der Waals surface area (Å²) in [6.45, 7) is 0.615. The van der Waals surface area contributed by atoms with Gasteiger partial charge in [0, 0.05) is 30.1 Å². The lowest BCUT2D eigenvalue weighted by Gasteiger charge is -2.07. The van der Waals surface area contributed by atoms with Crippen LogP contribution in [0.15, 0.2) is 79.1 Å². The third-order valence-electron chi connectivity index (χ3n) is 4.12. The maximum atomic E-state index is 5.99. The van der Waals surface area contributed by atoms with Gasteiger partial charge >= 0.3 is 0 Å². The van der Waals surface area contributed by atoms with Crippen molar-refractivity contribution >= 4 is 11.3 Å². The molecule has 4 nitrogen and oxygen atoms in total. The van der Waals surface area contributed by atoms with Crippen LogP contribution in [0.2, 0.25) is 0 Å². The zero-order chi connectivity index (χ0) is 17.1. The number of aromatic nitrogens is 2. The molecule has 2 N–H and O–H groups in total. The van der Waals surface area contributed by atoms with Crippen LogP contribution in [0.1, 0.15) is 5.56 Å². The third kappa shape index (κ3) is 3.33. The number of nitrogen functional groups attached to an aromatic ring is 1. The molecular weight excluding hydrogens is 310 g/mol. The minimum absolute atomic E-state index is 0.615. The fraction of sp³-hybridized carbons (Fsp3) is 0.0952. The highest BCUT2D eigenvalue weighted by atomic mass is 16.5. The number of fused-ring (bicyclic) bond motifs is 1. The number of benzene rings is 2. The lowest BCUT2D eigenvalue weighted by Crippen LogP contribution is -2.02. The van der Waals surface area contributed by atoms with Crippen LogP contribution in [0.25, 0.3) is 16.9 Å². The number of nitrogens with two attached hydrogens (primary N) is 1. The highest BCUT2D eigenvalue weighted by Crippen LogP contribution is 2.25. The number of imidazole rings is 1. The number of nitrogens with zero attached hydrogens (tertiary/aromatic N) is 2. The van der Waals surface area contributed by atoms with Crippen molar-refractivity contribution in [3.63, 3.8) is 0 Å². The average Bonchev–Trinajstić information content (AvgIpc) is 3.08. The second kappa shape index (κ2) is 6.69. The standard InChI is InChI=1S/C21H19N3O/c22-18-9-4-8-17(14-18)19-15-24-12-5-10-20(21(24)23-19)25-13-11-16-6-2-1-3-7-16/h1-10,12,14-15H,11,13,22H2. The van der Waals surface area contributed by atoms with E-state index in [1.807, 2.05) is 71.4 Å². The van der Waals surface area contributed by atoms with Crippen molar-refractivity contribution < 1.29 is 4.74 Å². The van der Waals surface area contributed by atoms with E-state index in [0.29, 0.717) is 6.61 Å². The van der Waals surface area contributed by atoms with Gasteiger partial charge in [0.1, 0.15) is 0 Å². The van der Waals surface area contributed by atoms with Crippen LogP contribution in [0.3, 0.4) is 0 Å². The normalized spacial score (nSPS) is 10.9. The minimum atomic E-state index is 0.615. The predicted molar refractivity (Wildman–Crippen MR) is 101 cm³/mol. The van der Waals surface area contributed by atoms with Gasteiger partial charge in [0.15, 0.2) is 11.4 Å². The molecular formula is C21H19N3O. The molecule has 0 aliphatic carbocycles. The van der Waals surface area contributed by atoms with Crippen LogP contribution in [0.4, 0.5) is 5.69 Å². The zero-order valence-corrected chi connectivity index (χ0v) is 13.8. The highest BCUT2D eigenvalue weighted by Gasteiger charge is 2.09. The Morgan fingerprint density at radius 2 is 1.84 bits per heavy atom.